The number of aryl methyl sites for hydroxylation is 1. The maximum absolute atomic E-state index is 12.9. The number of carboxylic acid groups (broad SMARTS) is 1. The Morgan fingerprint density at radius 2 is 2.04 bits per heavy atom. The summed E-state index contributed by atoms with van der Waals surface area (Å²) < 4.78 is 26.9. The number of rotatable bonds is 4. The van der Waals surface area contributed by atoms with Gasteiger partial charge in [0.25, 0.3) is 5.69 Å². The van der Waals surface area contributed by atoms with Gasteiger partial charge in [-0.25, -0.2) is 8.42 Å². The average Bonchev–Trinajstić information content (AvgIpc) is 2.48. The number of hydrogen-bond donors (Lipinski definition) is 1. The van der Waals surface area contributed by atoms with E-state index in [1.54, 1.807) is 6.92 Å². The van der Waals surface area contributed by atoms with Gasteiger partial charge in [-0.2, -0.15) is 4.31 Å². The van der Waals surface area contributed by atoms with Crippen molar-refractivity contribution in [2.45, 2.75) is 37.6 Å². The van der Waals surface area contributed by atoms with Crippen LogP contribution < -0.4 is 0 Å². The first kappa shape index (κ1) is 18.6. The molecule has 1 N–H and O–H groups in total. The highest BCUT2D eigenvalue weighted by Gasteiger charge is 2.39. The summed E-state index contributed by atoms with van der Waals surface area (Å²) >= 11 is 5.96. The van der Waals surface area contributed by atoms with Gasteiger partial charge in [-0.15, -0.1) is 0 Å². The number of hydrogen-bond acceptors (Lipinski definition) is 5. The standard InChI is InChI=1S/C14H17ClN2O6S/c1-8-5-11(17(20)21)13(15)12(6-8)24(22,23)16-7-10(14(18)19)4-3-9(16)2/h5-6,9-10H,3-4,7H2,1-2H3,(H,18,19). The largest absolute Gasteiger partial charge is 0.481 e. The summed E-state index contributed by atoms with van der Waals surface area (Å²) in [4.78, 5) is 21.2. The predicted octanol–water partition coefficient (Wildman–Crippen LogP) is 2.43. The Morgan fingerprint density at radius 1 is 1.42 bits per heavy atom. The summed E-state index contributed by atoms with van der Waals surface area (Å²) in [5.41, 5.74) is -0.112. The molecular weight excluding hydrogens is 360 g/mol. The molecule has 0 amide bonds. The van der Waals surface area contributed by atoms with E-state index < -0.39 is 43.6 Å². The van der Waals surface area contributed by atoms with Crippen LogP contribution >= 0.6 is 11.6 Å². The molecule has 0 saturated carbocycles. The second-order valence-corrected chi connectivity index (χ2v) is 8.13. The number of halogens is 1. The van der Waals surface area contributed by atoms with E-state index >= 15 is 0 Å². The van der Waals surface area contributed by atoms with Gasteiger partial charge in [-0.1, -0.05) is 11.6 Å². The third-order valence-corrected chi connectivity index (χ3v) is 6.64. The second-order valence-electron chi connectivity index (χ2n) is 5.89. The van der Waals surface area contributed by atoms with Crippen molar-refractivity contribution in [3.63, 3.8) is 0 Å². The fraction of sp³-hybridized carbons (Fsp3) is 0.500. The summed E-state index contributed by atoms with van der Waals surface area (Å²) in [7, 11) is -4.15. The molecule has 1 saturated heterocycles. The SMILES string of the molecule is Cc1cc([N+](=O)[O-])c(Cl)c(S(=O)(=O)N2CC(C(=O)O)CCC2C)c1. The van der Waals surface area contributed by atoms with E-state index in [1.807, 2.05) is 0 Å². The molecule has 1 aromatic rings. The maximum atomic E-state index is 12.9. The first-order chi connectivity index (χ1) is 11.1. The lowest BCUT2D eigenvalue weighted by Gasteiger charge is -2.35. The Morgan fingerprint density at radius 3 is 2.58 bits per heavy atom. The molecule has 1 aromatic carbocycles. The van der Waals surface area contributed by atoms with Crippen LogP contribution in [-0.4, -0.2) is 41.3 Å². The quantitative estimate of drug-likeness (QED) is 0.636. The Hall–Kier alpha value is -1.71. The van der Waals surface area contributed by atoms with Crippen molar-refractivity contribution in [2.75, 3.05) is 6.54 Å². The van der Waals surface area contributed by atoms with Crippen LogP contribution in [0.25, 0.3) is 0 Å². The molecule has 2 unspecified atom stereocenters. The summed E-state index contributed by atoms with van der Waals surface area (Å²) in [6.45, 7) is 3.02. The molecule has 0 aliphatic carbocycles. The molecule has 1 heterocycles. The third-order valence-electron chi connectivity index (χ3n) is 4.12. The Kier molecular flexibility index (Phi) is 5.17. The zero-order valence-electron chi connectivity index (χ0n) is 13.1. The van der Waals surface area contributed by atoms with Crippen molar-refractivity contribution in [1.82, 2.24) is 4.31 Å². The molecule has 1 fully saturated rings. The number of piperidine rings is 1. The van der Waals surface area contributed by atoms with Crippen molar-refractivity contribution < 1.29 is 23.2 Å². The van der Waals surface area contributed by atoms with Crippen LogP contribution in [-0.2, 0) is 14.8 Å². The molecule has 2 atom stereocenters. The number of sulfonamides is 1. The maximum Gasteiger partial charge on any atom is 0.307 e. The Balaban J connectivity index is 2.54. The van der Waals surface area contributed by atoms with Crippen molar-refractivity contribution >= 4 is 33.3 Å². The van der Waals surface area contributed by atoms with E-state index in [0.717, 1.165) is 4.31 Å². The predicted molar refractivity (Wildman–Crippen MR) is 86.6 cm³/mol. The molecule has 0 spiro atoms. The fourth-order valence-electron chi connectivity index (χ4n) is 2.78. The molecule has 0 aromatic heterocycles. The van der Waals surface area contributed by atoms with E-state index in [4.69, 9.17) is 16.7 Å². The highest BCUT2D eigenvalue weighted by molar-refractivity contribution is 7.89. The van der Waals surface area contributed by atoms with Gasteiger partial charge >= 0.3 is 5.97 Å². The number of nitro benzene ring substituents is 1. The first-order valence-electron chi connectivity index (χ1n) is 7.25. The van der Waals surface area contributed by atoms with Crippen LogP contribution in [0.2, 0.25) is 5.02 Å². The molecule has 0 radical (unpaired) electrons. The number of aliphatic carboxylic acids is 1. The number of nitro groups is 1. The van der Waals surface area contributed by atoms with Crippen LogP contribution in [0.4, 0.5) is 5.69 Å². The van der Waals surface area contributed by atoms with Crippen LogP contribution in [0.3, 0.4) is 0 Å². The molecule has 0 bridgehead atoms. The van der Waals surface area contributed by atoms with E-state index in [0.29, 0.717) is 18.4 Å². The monoisotopic (exact) mass is 376 g/mol. The van der Waals surface area contributed by atoms with Crippen LogP contribution in [0.5, 0.6) is 0 Å². The van der Waals surface area contributed by atoms with Gasteiger partial charge in [-0.3, -0.25) is 14.9 Å². The molecular formula is C14H17ClN2O6S. The lowest BCUT2D eigenvalue weighted by Crippen LogP contribution is -2.47. The minimum atomic E-state index is -4.15. The van der Waals surface area contributed by atoms with E-state index in [-0.39, 0.29) is 11.4 Å². The highest BCUT2D eigenvalue weighted by atomic mass is 35.5. The van der Waals surface area contributed by atoms with Gasteiger partial charge in [0.15, 0.2) is 0 Å². The summed E-state index contributed by atoms with van der Waals surface area (Å²) in [5, 5.41) is 19.8. The fourth-order valence-corrected chi connectivity index (χ4v) is 5.12. The minimum Gasteiger partial charge on any atom is -0.481 e. The number of carboxylic acids is 1. The molecule has 1 aliphatic heterocycles. The number of carbonyl (C=O) groups is 1. The van der Waals surface area contributed by atoms with Gasteiger partial charge in [0, 0.05) is 18.7 Å². The van der Waals surface area contributed by atoms with E-state index in [2.05, 4.69) is 0 Å². The Bertz CT molecular complexity index is 795. The molecule has 10 heteroatoms. The van der Waals surface area contributed by atoms with Crippen molar-refractivity contribution in [1.29, 1.82) is 0 Å². The lowest BCUT2D eigenvalue weighted by atomic mass is 9.96. The summed E-state index contributed by atoms with van der Waals surface area (Å²) in [6, 6.07) is 2.05. The van der Waals surface area contributed by atoms with Crippen LogP contribution in [0, 0.1) is 23.0 Å². The number of benzene rings is 1. The second kappa shape index (κ2) is 6.66. The first-order valence-corrected chi connectivity index (χ1v) is 9.06. The summed E-state index contributed by atoms with van der Waals surface area (Å²) in [5.74, 6) is -1.88. The average molecular weight is 377 g/mol. The molecule has 1 aliphatic rings. The Labute approximate surface area is 144 Å². The molecule has 24 heavy (non-hydrogen) atoms. The van der Waals surface area contributed by atoms with Crippen LogP contribution in [0.15, 0.2) is 17.0 Å². The lowest BCUT2D eigenvalue weighted by molar-refractivity contribution is -0.385. The zero-order valence-corrected chi connectivity index (χ0v) is 14.7. The highest BCUT2D eigenvalue weighted by Crippen LogP contribution is 2.36. The van der Waals surface area contributed by atoms with Gasteiger partial charge in [0.1, 0.15) is 9.92 Å². The minimum absolute atomic E-state index is 0.184. The van der Waals surface area contributed by atoms with Crippen molar-refractivity contribution in [3.05, 3.63) is 32.8 Å². The van der Waals surface area contributed by atoms with E-state index in [1.165, 1.54) is 19.1 Å². The smallest absolute Gasteiger partial charge is 0.307 e. The van der Waals surface area contributed by atoms with Crippen molar-refractivity contribution in [2.24, 2.45) is 5.92 Å². The normalized spacial score (nSPS) is 22.3. The topological polar surface area (TPSA) is 118 Å². The molecule has 132 valence electrons. The van der Waals surface area contributed by atoms with Crippen LogP contribution in [0.1, 0.15) is 25.3 Å². The van der Waals surface area contributed by atoms with Gasteiger partial charge in [0.2, 0.25) is 10.0 Å². The third kappa shape index (κ3) is 3.38. The summed E-state index contributed by atoms with van der Waals surface area (Å²) in [6.07, 6.45) is 0.770. The zero-order chi connectivity index (χ0) is 18.2. The van der Waals surface area contributed by atoms with Gasteiger partial charge in [-0.05, 0) is 38.3 Å². The van der Waals surface area contributed by atoms with Crippen molar-refractivity contribution in [3.8, 4) is 0 Å². The molecule has 8 nitrogen and oxygen atoms in total. The number of nitrogens with zero attached hydrogens (tertiary/aromatic N) is 2. The molecule has 2 rings (SSSR count). The van der Waals surface area contributed by atoms with Gasteiger partial charge < -0.3 is 5.11 Å². The van der Waals surface area contributed by atoms with E-state index in [9.17, 15) is 23.3 Å². The van der Waals surface area contributed by atoms with Gasteiger partial charge in [0.05, 0.1) is 10.8 Å².